The molecule has 7 heteroatoms. The van der Waals surface area contributed by atoms with Crippen LogP contribution in [-0.4, -0.2) is 24.2 Å². The molecule has 0 aliphatic heterocycles. The predicted molar refractivity (Wildman–Crippen MR) is 78.5 cm³/mol. The Kier molecular flexibility index (Phi) is 5.56. The van der Waals surface area contributed by atoms with Crippen LogP contribution in [-0.2, 0) is 14.3 Å². The Bertz CT molecular complexity index is 532. The quantitative estimate of drug-likeness (QED) is 0.467. The Morgan fingerprint density at radius 3 is 2.32 bits per heavy atom. The minimum atomic E-state index is -1.11. The molecule has 0 heterocycles. The third-order valence-electron chi connectivity index (χ3n) is 2.23. The number of benzene rings is 1. The van der Waals surface area contributed by atoms with Crippen LogP contribution in [0, 0.1) is 0 Å². The molecule has 0 spiro atoms. The first-order valence-corrected chi connectivity index (χ1v) is 6.69. The summed E-state index contributed by atoms with van der Waals surface area (Å²) in [6, 6.07) is 3.37. The Morgan fingerprint density at radius 2 is 1.89 bits per heavy atom. The zero-order chi connectivity index (χ0) is 14.6. The first-order chi connectivity index (χ1) is 8.85. The van der Waals surface area contributed by atoms with Gasteiger partial charge in [-0.15, -0.1) is 0 Å². The van der Waals surface area contributed by atoms with Crippen LogP contribution in [0.1, 0.15) is 12.0 Å². The van der Waals surface area contributed by atoms with Crippen LogP contribution in [0.3, 0.4) is 0 Å². The van der Waals surface area contributed by atoms with Gasteiger partial charge in [0.2, 0.25) is 0 Å². The number of nitrogens with two attached hydrogens (primary N) is 1. The number of nitrogen functional groups attached to an aromatic ring is 1. The lowest BCUT2D eigenvalue weighted by Gasteiger charge is -2.06. The van der Waals surface area contributed by atoms with Gasteiger partial charge in [-0.1, -0.05) is 0 Å². The second kappa shape index (κ2) is 6.72. The highest BCUT2D eigenvalue weighted by Gasteiger charge is 2.14. The molecule has 0 saturated heterocycles. The highest BCUT2D eigenvalue weighted by molar-refractivity contribution is 9.11. The smallest absolute Gasteiger partial charge is 0.334 e. The molecule has 0 fully saturated rings. The lowest BCUT2D eigenvalue weighted by Crippen LogP contribution is -2.09. The summed E-state index contributed by atoms with van der Waals surface area (Å²) in [5.41, 5.74) is 6.96. The number of ether oxygens (including phenoxy) is 1. The van der Waals surface area contributed by atoms with E-state index in [0.29, 0.717) is 20.2 Å². The SMILES string of the molecule is COC(=O)/C(=C\c1cc(Br)c(N)c(Br)c1)CC(=O)O. The van der Waals surface area contributed by atoms with Crippen molar-refractivity contribution in [3.8, 4) is 0 Å². The van der Waals surface area contributed by atoms with E-state index in [9.17, 15) is 9.59 Å². The monoisotopic (exact) mass is 391 g/mol. The molecule has 0 aliphatic carbocycles. The minimum absolute atomic E-state index is 0.0542. The van der Waals surface area contributed by atoms with E-state index in [0.717, 1.165) is 0 Å². The molecule has 0 unspecified atom stereocenters. The van der Waals surface area contributed by atoms with Crippen molar-refractivity contribution in [2.75, 3.05) is 12.8 Å². The van der Waals surface area contributed by atoms with E-state index < -0.39 is 18.4 Å². The number of hydrogen-bond donors (Lipinski definition) is 2. The van der Waals surface area contributed by atoms with Crippen molar-refractivity contribution in [3.05, 3.63) is 32.2 Å². The molecule has 0 aromatic heterocycles. The number of aliphatic carboxylic acids is 1. The van der Waals surface area contributed by atoms with Crippen molar-refractivity contribution in [3.63, 3.8) is 0 Å². The van der Waals surface area contributed by atoms with E-state index in [1.807, 2.05) is 0 Å². The Hall–Kier alpha value is -1.34. The number of carbonyl (C=O) groups excluding carboxylic acids is 1. The molecule has 1 rings (SSSR count). The lowest BCUT2D eigenvalue weighted by atomic mass is 10.1. The number of carboxylic acid groups (broad SMARTS) is 1. The third kappa shape index (κ3) is 4.36. The molecule has 0 atom stereocenters. The molecule has 1 aromatic rings. The first kappa shape index (κ1) is 15.7. The van der Waals surface area contributed by atoms with Gasteiger partial charge in [-0.05, 0) is 55.6 Å². The van der Waals surface area contributed by atoms with Crippen molar-refractivity contribution in [1.82, 2.24) is 0 Å². The van der Waals surface area contributed by atoms with Crippen molar-refractivity contribution in [2.24, 2.45) is 0 Å². The number of hydrogen-bond acceptors (Lipinski definition) is 4. The van der Waals surface area contributed by atoms with Gasteiger partial charge < -0.3 is 15.6 Å². The van der Waals surface area contributed by atoms with Gasteiger partial charge in [-0.3, -0.25) is 4.79 Å². The highest BCUT2D eigenvalue weighted by atomic mass is 79.9. The summed E-state index contributed by atoms with van der Waals surface area (Å²) in [5, 5.41) is 8.77. The van der Waals surface area contributed by atoms with Crippen molar-refractivity contribution < 1.29 is 19.4 Å². The average molecular weight is 393 g/mol. The fraction of sp³-hybridized carbons (Fsp3) is 0.167. The number of carboxylic acids is 1. The topological polar surface area (TPSA) is 89.6 Å². The molecular weight excluding hydrogens is 382 g/mol. The summed E-state index contributed by atoms with van der Waals surface area (Å²) in [6.07, 6.45) is 1.04. The molecule has 19 heavy (non-hydrogen) atoms. The van der Waals surface area contributed by atoms with Gasteiger partial charge in [0.05, 0.1) is 19.2 Å². The largest absolute Gasteiger partial charge is 0.481 e. The second-order valence-electron chi connectivity index (χ2n) is 3.63. The predicted octanol–water partition coefficient (Wildman–Crippen LogP) is 2.82. The summed E-state index contributed by atoms with van der Waals surface area (Å²) in [7, 11) is 1.20. The third-order valence-corrected chi connectivity index (χ3v) is 3.54. The van der Waals surface area contributed by atoms with Gasteiger partial charge in [0.15, 0.2) is 0 Å². The Labute approximate surface area is 126 Å². The molecule has 0 radical (unpaired) electrons. The van der Waals surface area contributed by atoms with E-state index >= 15 is 0 Å². The summed E-state index contributed by atoms with van der Waals surface area (Å²) in [6.45, 7) is 0. The average Bonchev–Trinajstić information content (AvgIpc) is 2.33. The normalized spacial score (nSPS) is 11.2. The number of anilines is 1. The van der Waals surface area contributed by atoms with Crippen molar-refractivity contribution in [2.45, 2.75) is 6.42 Å². The second-order valence-corrected chi connectivity index (χ2v) is 5.34. The molecule has 0 amide bonds. The molecule has 102 valence electrons. The molecule has 1 aromatic carbocycles. The molecule has 5 nitrogen and oxygen atoms in total. The summed E-state index contributed by atoms with van der Waals surface area (Å²) in [5.74, 6) is -1.78. The molecule has 0 bridgehead atoms. The van der Waals surface area contributed by atoms with Gasteiger partial charge in [0.25, 0.3) is 0 Å². The maximum atomic E-state index is 11.5. The summed E-state index contributed by atoms with van der Waals surface area (Å²) in [4.78, 5) is 22.2. The number of methoxy groups -OCH3 is 1. The zero-order valence-electron chi connectivity index (χ0n) is 9.94. The van der Waals surface area contributed by atoms with E-state index in [4.69, 9.17) is 10.8 Å². The number of rotatable bonds is 4. The van der Waals surface area contributed by atoms with Gasteiger partial charge in [-0.2, -0.15) is 0 Å². The van der Waals surface area contributed by atoms with Crippen LogP contribution < -0.4 is 5.73 Å². The number of halogens is 2. The molecule has 3 N–H and O–H groups in total. The van der Waals surface area contributed by atoms with E-state index in [2.05, 4.69) is 36.6 Å². The zero-order valence-corrected chi connectivity index (χ0v) is 13.1. The van der Waals surface area contributed by atoms with Crippen LogP contribution in [0.25, 0.3) is 6.08 Å². The molecule has 0 aliphatic rings. The highest BCUT2D eigenvalue weighted by Crippen LogP contribution is 2.30. The maximum absolute atomic E-state index is 11.5. The summed E-state index contributed by atoms with van der Waals surface area (Å²) < 4.78 is 5.84. The van der Waals surface area contributed by atoms with E-state index in [-0.39, 0.29) is 5.57 Å². The molecule has 0 saturated carbocycles. The van der Waals surface area contributed by atoms with Gasteiger partial charge in [0, 0.05) is 14.5 Å². The van der Waals surface area contributed by atoms with Gasteiger partial charge in [0.1, 0.15) is 0 Å². The van der Waals surface area contributed by atoms with Crippen LogP contribution >= 0.6 is 31.9 Å². The Balaban J connectivity index is 3.21. The van der Waals surface area contributed by atoms with Crippen LogP contribution in [0.4, 0.5) is 5.69 Å². The fourth-order valence-electron chi connectivity index (χ4n) is 1.36. The first-order valence-electron chi connectivity index (χ1n) is 5.10. The standard InChI is InChI=1S/C12H11Br2NO4/c1-19-12(18)7(5-10(16)17)2-6-3-8(13)11(15)9(14)4-6/h2-4H,5,15H2,1H3,(H,16,17)/b7-2-. The molecular formula is C12H11Br2NO4. The van der Waals surface area contributed by atoms with E-state index in [1.165, 1.54) is 13.2 Å². The van der Waals surface area contributed by atoms with Crippen molar-refractivity contribution >= 4 is 55.6 Å². The number of esters is 1. The maximum Gasteiger partial charge on any atom is 0.334 e. The van der Waals surface area contributed by atoms with Gasteiger partial charge in [-0.25, -0.2) is 4.79 Å². The van der Waals surface area contributed by atoms with Crippen LogP contribution in [0.5, 0.6) is 0 Å². The minimum Gasteiger partial charge on any atom is -0.481 e. The number of carbonyl (C=O) groups is 2. The lowest BCUT2D eigenvalue weighted by molar-refractivity contribution is -0.141. The van der Waals surface area contributed by atoms with Gasteiger partial charge >= 0.3 is 11.9 Å². The van der Waals surface area contributed by atoms with Crippen molar-refractivity contribution in [1.29, 1.82) is 0 Å². The summed E-state index contributed by atoms with van der Waals surface area (Å²) >= 11 is 6.55. The van der Waals surface area contributed by atoms with Crippen LogP contribution in [0.15, 0.2) is 26.7 Å². The van der Waals surface area contributed by atoms with Crippen LogP contribution in [0.2, 0.25) is 0 Å². The fourth-order valence-corrected chi connectivity index (χ4v) is 2.59. The van der Waals surface area contributed by atoms with E-state index in [1.54, 1.807) is 12.1 Å². The Morgan fingerprint density at radius 1 is 1.37 bits per heavy atom.